The summed E-state index contributed by atoms with van der Waals surface area (Å²) in [6.07, 6.45) is 0. The summed E-state index contributed by atoms with van der Waals surface area (Å²) in [6.45, 7) is 16.4. The van der Waals surface area contributed by atoms with Crippen LogP contribution in [0.3, 0.4) is 0 Å². The SMILES string of the molecule is CC(C)CNc1cc(C2[C@H](c3ccccc3)C(c3cc(NCC(C)C)nc(NCC(C)C)n3)[C@H]2c2ccccc2)nc(NCc2ccccc2)n1. The van der Waals surface area contributed by atoms with Crippen LogP contribution in [0.15, 0.2) is 103 Å². The average Bonchev–Trinajstić information content (AvgIpc) is 3.12. The van der Waals surface area contributed by atoms with Crippen LogP contribution in [-0.4, -0.2) is 39.6 Å². The maximum atomic E-state index is 5.29. The largest absolute Gasteiger partial charge is 0.370 e. The number of nitrogens with one attached hydrogen (secondary N) is 4. The van der Waals surface area contributed by atoms with Gasteiger partial charge in [-0.15, -0.1) is 0 Å². The maximum Gasteiger partial charge on any atom is 0.225 e. The van der Waals surface area contributed by atoms with Gasteiger partial charge in [-0.25, -0.2) is 9.97 Å². The van der Waals surface area contributed by atoms with Crippen LogP contribution in [-0.2, 0) is 6.54 Å². The molecule has 0 bridgehead atoms. The summed E-state index contributed by atoms with van der Waals surface area (Å²) in [7, 11) is 0. The topological polar surface area (TPSA) is 99.7 Å². The van der Waals surface area contributed by atoms with E-state index >= 15 is 0 Å². The molecule has 0 aliphatic heterocycles. The molecule has 4 N–H and O–H groups in total. The molecule has 1 aliphatic rings. The fourth-order valence-corrected chi connectivity index (χ4v) is 6.97. The minimum absolute atomic E-state index is 0.0776. The Hall–Kier alpha value is -4.98. The molecule has 2 heterocycles. The van der Waals surface area contributed by atoms with Crippen LogP contribution < -0.4 is 21.3 Å². The normalized spacial score (nSPS) is 18.5. The summed E-state index contributed by atoms with van der Waals surface area (Å²) in [4.78, 5) is 20.4. The first kappa shape index (κ1) is 35.8. The van der Waals surface area contributed by atoms with Gasteiger partial charge in [0.25, 0.3) is 0 Å². The first-order valence-electron chi connectivity index (χ1n) is 18.6. The molecule has 0 radical (unpaired) electrons. The van der Waals surface area contributed by atoms with Gasteiger partial charge in [-0.05, 0) is 34.4 Å². The van der Waals surface area contributed by atoms with E-state index in [1.807, 2.05) is 6.07 Å². The van der Waals surface area contributed by atoms with Gasteiger partial charge >= 0.3 is 0 Å². The van der Waals surface area contributed by atoms with Gasteiger partial charge < -0.3 is 21.3 Å². The van der Waals surface area contributed by atoms with Gasteiger partial charge in [0.2, 0.25) is 11.9 Å². The summed E-state index contributed by atoms with van der Waals surface area (Å²) in [6, 6.07) is 36.6. The second-order valence-electron chi connectivity index (χ2n) is 15.1. The summed E-state index contributed by atoms with van der Waals surface area (Å²) >= 11 is 0. The van der Waals surface area contributed by atoms with Crippen LogP contribution in [0.2, 0.25) is 0 Å². The molecule has 3 aromatic carbocycles. The number of hydrogen-bond acceptors (Lipinski definition) is 8. The average molecular weight is 683 g/mol. The minimum atomic E-state index is 0.0776. The predicted octanol–water partition coefficient (Wildman–Crippen LogP) is 9.53. The van der Waals surface area contributed by atoms with Crippen LogP contribution in [0, 0.1) is 17.8 Å². The Morgan fingerprint density at radius 3 is 1.27 bits per heavy atom. The maximum absolute atomic E-state index is 5.29. The fourth-order valence-electron chi connectivity index (χ4n) is 6.97. The van der Waals surface area contributed by atoms with Crippen molar-refractivity contribution in [3.63, 3.8) is 0 Å². The minimum Gasteiger partial charge on any atom is -0.370 e. The van der Waals surface area contributed by atoms with Crippen molar-refractivity contribution >= 4 is 23.5 Å². The van der Waals surface area contributed by atoms with E-state index in [9.17, 15) is 0 Å². The van der Waals surface area contributed by atoms with Gasteiger partial charge in [-0.3, -0.25) is 0 Å². The molecule has 6 rings (SSSR count). The Labute approximate surface area is 304 Å². The van der Waals surface area contributed by atoms with E-state index in [4.69, 9.17) is 19.9 Å². The molecule has 2 aromatic heterocycles. The molecule has 2 atom stereocenters. The highest BCUT2D eigenvalue weighted by molar-refractivity contribution is 5.53. The van der Waals surface area contributed by atoms with Gasteiger partial charge in [0.1, 0.15) is 11.6 Å². The molecule has 51 heavy (non-hydrogen) atoms. The van der Waals surface area contributed by atoms with Crippen LogP contribution >= 0.6 is 0 Å². The van der Waals surface area contributed by atoms with Crippen molar-refractivity contribution in [2.75, 3.05) is 40.9 Å². The lowest BCUT2D eigenvalue weighted by Gasteiger charge is -2.52. The third-order valence-corrected chi connectivity index (χ3v) is 9.44. The van der Waals surface area contributed by atoms with E-state index in [2.05, 4.69) is 160 Å². The Balaban J connectivity index is 1.47. The Morgan fingerprint density at radius 2 is 0.843 bits per heavy atom. The predicted molar refractivity (Wildman–Crippen MR) is 212 cm³/mol. The molecule has 8 heteroatoms. The van der Waals surface area contributed by atoms with Gasteiger partial charge in [0, 0.05) is 62.0 Å². The lowest BCUT2D eigenvalue weighted by molar-refractivity contribution is 0.220. The molecule has 0 spiro atoms. The zero-order valence-corrected chi connectivity index (χ0v) is 31.0. The van der Waals surface area contributed by atoms with Crippen molar-refractivity contribution in [3.8, 4) is 0 Å². The van der Waals surface area contributed by atoms with Crippen molar-refractivity contribution in [2.24, 2.45) is 17.8 Å². The molecular weight excluding hydrogens is 629 g/mol. The lowest BCUT2D eigenvalue weighted by atomic mass is 9.50. The number of anilines is 4. The van der Waals surface area contributed by atoms with Crippen molar-refractivity contribution in [1.29, 1.82) is 0 Å². The standard InChI is InChI=1S/C43H54N8/c1-28(2)24-44-36-22-34(48-42(50-36)46-26-30(5)6)40-38(32-18-12-8-13-19-32)41(39(40)33-20-14-9-15-21-33)35-23-37(45-25-29(3)4)51-43(49-35)47-27-31-16-10-7-11-17-31/h7-23,28-30,38-41H,24-27H2,1-6H3,(H2,44,46,48,50)(H2,45,47,49,51)/t38-,39-,40?,41?/m1/s1. The van der Waals surface area contributed by atoms with Crippen molar-refractivity contribution < 1.29 is 0 Å². The van der Waals surface area contributed by atoms with Crippen LogP contribution in [0.4, 0.5) is 23.5 Å². The third-order valence-electron chi connectivity index (χ3n) is 9.44. The molecule has 1 saturated carbocycles. The highest BCUT2D eigenvalue weighted by Gasteiger charge is 2.54. The molecule has 266 valence electrons. The lowest BCUT2D eigenvalue weighted by Crippen LogP contribution is -2.41. The number of benzene rings is 3. The molecule has 0 unspecified atom stereocenters. The van der Waals surface area contributed by atoms with E-state index < -0.39 is 0 Å². The molecule has 0 saturated heterocycles. The summed E-state index contributed by atoms with van der Waals surface area (Å²) < 4.78 is 0. The number of aromatic nitrogens is 4. The van der Waals surface area contributed by atoms with Crippen LogP contribution in [0.1, 0.15) is 93.3 Å². The Bertz CT molecular complexity index is 1730. The van der Waals surface area contributed by atoms with Crippen molar-refractivity contribution in [3.05, 3.63) is 131 Å². The van der Waals surface area contributed by atoms with Gasteiger partial charge in [0.15, 0.2) is 0 Å². The van der Waals surface area contributed by atoms with Gasteiger partial charge in [-0.1, -0.05) is 133 Å². The van der Waals surface area contributed by atoms with Crippen molar-refractivity contribution in [1.82, 2.24) is 19.9 Å². The van der Waals surface area contributed by atoms with Crippen LogP contribution in [0.5, 0.6) is 0 Å². The highest BCUT2D eigenvalue weighted by Crippen LogP contribution is 2.66. The second kappa shape index (κ2) is 16.8. The van der Waals surface area contributed by atoms with Gasteiger partial charge in [0.05, 0.1) is 11.4 Å². The summed E-state index contributed by atoms with van der Waals surface area (Å²) in [5, 5.41) is 14.3. The van der Waals surface area contributed by atoms with E-state index in [0.29, 0.717) is 36.2 Å². The van der Waals surface area contributed by atoms with E-state index in [0.717, 1.165) is 42.7 Å². The first-order chi connectivity index (χ1) is 24.7. The summed E-state index contributed by atoms with van der Waals surface area (Å²) in [5.41, 5.74) is 5.80. The quantitative estimate of drug-likeness (QED) is 0.0817. The number of rotatable bonds is 16. The van der Waals surface area contributed by atoms with E-state index in [1.54, 1.807) is 0 Å². The fraction of sp³-hybridized carbons (Fsp3) is 0.395. The highest BCUT2D eigenvalue weighted by atomic mass is 15.2. The van der Waals surface area contributed by atoms with Crippen molar-refractivity contribution in [2.45, 2.75) is 71.8 Å². The van der Waals surface area contributed by atoms with E-state index in [1.165, 1.54) is 16.7 Å². The molecule has 0 amide bonds. The first-order valence-corrected chi connectivity index (χ1v) is 18.6. The molecule has 5 aromatic rings. The monoisotopic (exact) mass is 682 g/mol. The molecule has 1 aliphatic carbocycles. The zero-order valence-electron chi connectivity index (χ0n) is 31.0. The third kappa shape index (κ3) is 9.23. The summed E-state index contributed by atoms with van der Waals surface area (Å²) in [5.74, 6) is 4.83. The molecular formula is C43H54N8. The zero-order chi connectivity index (χ0) is 35.7. The number of hydrogen-bond donors (Lipinski definition) is 4. The van der Waals surface area contributed by atoms with Gasteiger partial charge in [-0.2, -0.15) is 9.97 Å². The molecule has 8 nitrogen and oxygen atoms in total. The Morgan fingerprint density at radius 1 is 0.451 bits per heavy atom. The second-order valence-corrected chi connectivity index (χ2v) is 15.1. The van der Waals surface area contributed by atoms with E-state index in [-0.39, 0.29) is 23.7 Å². The van der Waals surface area contributed by atoms with Crippen LogP contribution in [0.25, 0.3) is 0 Å². The number of nitrogens with zero attached hydrogens (tertiary/aromatic N) is 4. The Kier molecular flexibility index (Phi) is 11.8. The smallest absolute Gasteiger partial charge is 0.225 e. The molecule has 1 fully saturated rings.